The summed E-state index contributed by atoms with van der Waals surface area (Å²) in [6, 6.07) is 13.6. The van der Waals surface area contributed by atoms with Crippen molar-refractivity contribution in [3.8, 4) is 0 Å². The molecule has 8 nitrogen and oxygen atoms in total. The minimum Gasteiger partial charge on any atom is -0.336 e. The highest BCUT2D eigenvalue weighted by Crippen LogP contribution is 2.29. The number of anilines is 1. The van der Waals surface area contributed by atoms with E-state index in [-0.39, 0.29) is 23.2 Å². The largest absolute Gasteiger partial charge is 0.336 e. The van der Waals surface area contributed by atoms with E-state index < -0.39 is 11.2 Å². The van der Waals surface area contributed by atoms with E-state index in [1.165, 1.54) is 23.6 Å². The average Bonchev–Trinajstić information content (AvgIpc) is 3.23. The first-order chi connectivity index (χ1) is 16.4. The van der Waals surface area contributed by atoms with Gasteiger partial charge in [-0.3, -0.25) is 19.1 Å². The molecule has 3 N–H and O–H groups in total. The minimum absolute atomic E-state index is 0.175. The molecule has 9 heteroatoms. The molecule has 34 heavy (non-hydrogen) atoms. The Morgan fingerprint density at radius 3 is 2.59 bits per heavy atom. The molecule has 0 aliphatic rings. The van der Waals surface area contributed by atoms with Gasteiger partial charge in [0.2, 0.25) is 5.91 Å². The monoisotopic (exact) mass is 463 g/mol. The van der Waals surface area contributed by atoms with Crippen LogP contribution in [-0.2, 0) is 17.8 Å². The highest BCUT2D eigenvalue weighted by atomic mass is 19.1. The van der Waals surface area contributed by atoms with Crippen LogP contribution in [0.3, 0.4) is 0 Å². The molecule has 4 aromatic rings. The molecule has 0 aliphatic heterocycles. The number of fused-ring (bicyclic) bond motifs is 1. The van der Waals surface area contributed by atoms with Gasteiger partial charge in [-0.25, -0.2) is 14.2 Å². The molecule has 0 spiro atoms. The van der Waals surface area contributed by atoms with E-state index in [1.807, 2.05) is 25.1 Å². The van der Waals surface area contributed by atoms with Gasteiger partial charge in [0.1, 0.15) is 17.2 Å². The Hall–Kier alpha value is -4.01. The minimum atomic E-state index is -0.531. The predicted molar refractivity (Wildman–Crippen MR) is 129 cm³/mol. The summed E-state index contributed by atoms with van der Waals surface area (Å²) >= 11 is 0. The van der Waals surface area contributed by atoms with Crippen LogP contribution in [0.1, 0.15) is 49.6 Å². The molecule has 176 valence electrons. The fraction of sp³-hybridized carbons (Fsp3) is 0.280. The molecule has 0 bridgehead atoms. The Labute approximate surface area is 194 Å². The lowest BCUT2D eigenvalue weighted by Gasteiger charge is -2.16. The molecule has 1 unspecified atom stereocenters. The number of imidazole rings is 1. The standard InChI is InChI=1S/C25H26FN5O3/c1-3-4-12-31-23-21(24(33)30-25(31)34)28-22(29-23)20(14-16-6-5-7-18(26)13-16)17-8-10-19(11-9-17)27-15(2)32/h5-11,13,20H,3-4,12,14H2,1-2H3,(H,27,32)(H,28,29)(H,30,33,34). The molecule has 0 fully saturated rings. The number of carbonyl (C=O) groups is 1. The number of aryl methyl sites for hydroxylation is 1. The second-order valence-corrected chi connectivity index (χ2v) is 8.27. The molecule has 2 aromatic carbocycles. The lowest BCUT2D eigenvalue weighted by molar-refractivity contribution is -0.114. The molecular weight excluding hydrogens is 437 g/mol. The number of hydrogen-bond acceptors (Lipinski definition) is 4. The van der Waals surface area contributed by atoms with E-state index in [2.05, 4.69) is 20.3 Å². The molecule has 0 radical (unpaired) electrons. The number of nitrogens with one attached hydrogen (secondary N) is 3. The molecule has 0 saturated heterocycles. The fourth-order valence-corrected chi connectivity index (χ4v) is 4.02. The first-order valence-electron chi connectivity index (χ1n) is 11.2. The van der Waals surface area contributed by atoms with Gasteiger partial charge in [0.25, 0.3) is 5.56 Å². The molecular formula is C25H26FN5O3. The fourth-order valence-electron chi connectivity index (χ4n) is 4.02. The zero-order valence-corrected chi connectivity index (χ0v) is 19.0. The lowest BCUT2D eigenvalue weighted by atomic mass is 9.91. The summed E-state index contributed by atoms with van der Waals surface area (Å²) < 4.78 is 15.4. The third kappa shape index (κ3) is 4.98. The number of carbonyl (C=O) groups excluding carboxylic acids is 1. The number of benzene rings is 2. The normalized spacial score (nSPS) is 12.1. The van der Waals surface area contributed by atoms with Crippen LogP contribution >= 0.6 is 0 Å². The lowest BCUT2D eigenvalue weighted by Crippen LogP contribution is -2.30. The van der Waals surface area contributed by atoms with Crippen LogP contribution in [0.5, 0.6) is 0 Å². The highest BCUT2D eigenvalue weighted by molar-refractivity contribution is 5.88. The predicted octanol–water partition coefficient (Wildman–Crippen LogP) is 3.69. The van der Waals surface area contributed by atoms with Crippen molar-refractivity contribution in [3.63, 3.8) is 0 Å². The number of rotatable bonds is 8. The van der Waals surface area contributed by atoms with Crippen molar-refractivity contribution in [2.45, 2.75) is 45.6 Å². The van der Waals surface area contributed by atoms with E-state index in [0.29, 0.717) is 30.1 Å². The van der Waals surface area contributed by atoms with Gasteiger partial charge in [-0.2, -0.15) is 0 Å². The molecule has 2 heterocycles. The summed E-state index contributed by atoms with van der Waals surface area (Å²) in [7, 11) is 0. The van der Waals surface area contributed by atoms with Crippen LogP contribution in [0.15, 0.2) is 58.1 Å². The SMILES string of the molecule is CCCCn1c(=O)[nH]c(=O)c2[nH]c(C(Cc3cccc(F)c3)c3ccc(NC(C)=O)cc3)nc21. The molecule has 0 aliphatic carbocycles. The number of aromatic amines is 2. The van der Waals surface area contributed by atoms with Gasteiger partial charge < -0.3 is 10.3 Å². The van der Waals surface area contributed by atoms with Gasteiger partial charge in [-0.1, -0.05) is 37.6 Å². The summed E-state index contributed by atoms with van der Waals surface area (Å²) in [6.07, 6.45) is 2.06. The van der Waals surface area contributed by atoms with E-state index in [1.54, 1.807) is 18.2 Å². The topological polar surface area (TPSA) is 113 Å². The number of hydrogen-bond donors (Lipinski definition) is 3. The van der Waals surface area contributed by atoms with E-state index in [9.17, 15) is 18.8 Å². The third-order valence-electron chi connectivity index (χ3n) is 5.68. The Bertz CT molecular complexity index is 1440. The summed E-state index contributed by atoms with van der Waals surface area (Å²) in [5, 5.41) is 2.73. The first kappa shape index (κ1) is 23.2. The van der Waals surface area contributed by atoms with Gasteiger partial charge in [-0.05, 0) is 48.2 Å². The van der Waals surface area contributed by atoms with Crippen LogP contribution in [0.4, 0.5) is 10.1 Å². The first-order valence-corrected chi connectivity index (χ1v) is 11.2. The molecule has 1 amide bonds. The van der Waals surface area contributed by atoms with Crippen molar-refractivity contribution in [3.05, 3.63) is 92.1 Å². The molecule has 0 saturated carbocycles. The quantitative estimate of drug-likeness (QED) is 0.370. The number of H-pyrrole nitrogens is 2. The van der Waals surface area contributed by atoms with Crippen molar-refractivity contribution < 1.29 is 9.18 Å². The highest BCUT2D eigenvalue weighted by Gasteiger charge is 2.22. The van der Waals surface area contributed by atoms with Gasteiger partial charge in [0.05, 0.1) is 0 Å². The average molecular weight is 464 g/mol. The van der Waals surface area contributed by atoms with Crippen molar-refractivity contribution >= 4 is 22.8 Å². The van der Waals surface area contributed by atoms with E-state index in [0.717, 1.165) is 24.0 Å². The summed E-state index contributed by atoms with van der Waals surface area (Å²) in [6.45, 7) is 3.89. The van der Waals surface area contributed by atoms with Crippen LogP contribution in [0.25, 0.3) is 11.2 Å². The Morgan fingerprint density at radius 2 is 1.91 bits per heavy atom. The van der Waals surface area contributed by atoms with E-state index >= 15 is 0 Å². The zero-order chi connectivity index (χ0) is 24.2. The summed E-state index contributed by atoms with van der Waals surface area (Å²) in [5.41, 5.74) is 1.77. The van der Waals surface area contributed by atoms with Crippen LogP contribution < -0.4 is 16.6 Å². The van der Waals surface area contributed by atoms with Gasteiger partial charge in [0.15, 0.2) is 5.65 Å². The number of aromatic nitrogens is 4. The Balaban J connectivity index is 1.82. The van der Waals surface area contributed by atoms with Crippen LogP contribution in [0, 0.1) is 5.82 Å². The number of unbranched alkanes of at least 4 members (excludes halogenated alkanes) is 1. The summed E-state index contributed by atoms with van der Waals surface area (Å²) in [4.78, 5) is 46.5. The number of amides is 1. The molecule has 2 aromatic heterocycles. The summed E-state index contributed by atoms with van der Waals surface area (Å²) in [5.74, 6) is -0.375. The molecule has 4 rings (SSSR count). The zero-order valence-electron chi connectivity index (χ0n) is 19.0. The van der Waals surface area contributed by atoms with Crippen molar-refractivity contribution in [2.24, 2.45) is 0 Å². The number of halogens is 1. The van der Waals surface area contributed by atoms with Crippen LogP contribution in [-0.4, -0.2) is 25.4 Å². The van der Waals surface area contributed by atoms with Gasteiger partial charge >= 0.3 is 5.69 Å². The smallest absolute Gasteiger partial charge is 0.330 e. The second kappa shape index (κ2) is 9.86. The third-order valence-corrected chi connectivity index (χ3v) is 5.68. The maximum Gasteiger partial charge on any atom is 0.330 e. The molecule has 1 atom stereocenters. The maximum absolute atomic E-state index is 13.9. The van der Waals surface area contributed by atoms with Gasteiger partial charge in [0, 0.05) is 25.1 Å². The van der Waals surface area contributed by atoms with Crippen molar-refractivity contribution in [1.82, 2.24) is 19.5 Å². The van der Waals surface area contributed by atoms with E-state index in [4.69, 9.17) is 0 Å². The maximum atomic E-state index is 13.9. The number of nitrogens with zero attached hydrogens (tertiary/aromatic N) is 2. The van der Waals surface area contributed by atoms with Crippen molar-refractivity contribution in [2.75, 3.05) is 5.32 Å². The van der Waals surface area contributed by atoms with Crippen LogP contribution in [0.2, 0.25) is 0 Å². The van der Waals surface area contributed by atoms with Gasteiger partial charge in [-0.15, -0.1) is 0 Å². The van der Waals surface area contributed by atoms with Crippen molar-refractivity contribution in [1.29, 1.82) is 0 Å². The second-order valence-electron chi connectivity index (χ2n) is 8.27. The Morgan fingerprint density at radius 1 is 1.15 bits per heavy atom. The Kier molecular flexibility index (Phi) is 6.72.